The molecule has 1 amide bonds. The van der Waals surface area contributed by atoms with Crippen LogP contribution < -0.4 is 20.3 Å². The van der Waals surface area contributed by atoms with Crippen LogP contribution in [-0.4, -0.2) is 33.9 Å². The Morgan fingerprint density at radius 2 is 2.08 bits per heavy atom. The number of thioether (sulfide) groups is 1. The van der Waals surface area contributed by atoms with E-state index in [9.17, 15) is 9.59 Å². The number of hydrogen-bond donors (Lipinski definition) is 1. The number of aromatic nitrogens is 2. The van der Waals surface area contributed by atoms with E-state index in [4.69, 9.17) is 9.47 Å². The number of carbonyl (C=O) groups is 1. The molecule has 1 aliphatic heterocycles. The molecule has 1 N–H and O–H groups in total. The van der Waals surface area contributed by atoms with Gasteiger partial charge in [0, 0.05) is 30.6 Å². The van der Waals surface area contributed by atoms with Crippen molar-refractivity contribution >= 4 is 23.4 Å². The van der Waals surface area contributed by atoms with Crippen LogP contribution in [-0.2, 0) is 11.3 Å². The van der Waals surface area contributed by atoms with Gasteiger partial charge in [-0.2, -0.15) is 4.98 Å². The standard InChI is InChI=1S/C17H19N3O4S/c1-3-20-7-6-15(21)19-17(20)25-11(2)16(22)18-12-4-5-13-14(10-12)24-9-8-23-13/h4-7,10-11H,3,8-9H2,1-2H3,(H,18,22). The Labute approximate surface area is 149 Å². The maximum absolute atomic E-state index is 12.5. The molecule has 1 aliphatic rings. The first kappa shape index (κ1) is 17.3. The van der Waals surface area contributed by atoms with Crippen molar-refractivity contribution in [2.45, 2.75) is 30.8 Å². The van der Waals surface area contributed by atoms with Gasteiger partial charge in [-0.05, 0) is 26.0 Å². The first-order valence-corrected chi connectivity index (χ1v) is 8.89. The van der Waals surface area contributed by atoms with Crippen LogP contribution >= 0.6 is 11.8 Å². The van der Waals surface area contributed by atoms with Gasteiger partial charge in [-0.3, -0.25) is 9.59 Å². The lowest BCUT2D eigenvalue weighted by molar-refractivity contribution is -0.115. The Hall–Kier alpha value is -2.48. The maximum Gasteiger partial charge on any atom is 0.273 e. The Bertz CT molecular complexity index is 837. The third-order valence-electron chi connectivity index (χ3n) is 3.65. The molecule has 7 nitrogen and oxygen atoms in total. The minimum atomic E-state index is -0.416. The highest BCUT2D eigenvalue weighted by Gasteiger charge is 2.19. The smallest absolute Gasteiger partial charge is 0.273 e. The summed E-state index contributed by atoms with van der Waals surface area (Å²) >= 11 is 1.25. The first-order chi connectivity index (χ1) is 12.1. The molecule has 2 aromatic rings. The molecule has 1 atom stereocenters. The van der Waals surface area contributed by atoms with E-state index in [1.54, 1.807) is 31.3 Å². The molecule has 0 fully saturated rings. The normalized spacial score (nSPS) is 14.0. The largest absolute Gasteiger partial charge is 0.486 e. The minimum Gasteiger partial charge on any atom is -0.486 e. The third-order valence-corrected chi connectivity index (χ3v) is 4.75. The fourth-order valence-corrected chi connectivity index (χ4v) is 3.27. The van der Waals surface area contributed by atoms with Crippen LogP contribution in [0.4, 0.5) is 5.69 Å². The molecule has 0 spiro atoms. The average molecular weight is 361 g/mol. The van der Waals surface area contributed by atoms with Gasteiger partial charge in [0.05, 0.1) is 5.25 Å². The van der Waals surface area contributed by atoms with Gasteiger partial charge >= 0.3 is 0 Å². The molecule has 3 rings (SSSR count). The number of hydrogen-bond acceptors (Lipinski definition) is 6. The molecule has 0 radical (unpaired) electrons. The lowest BCUT2D eigenvalue weighted by atomic mass is 10.2. The summed E-state index contributed by atoms with van der Waals surface area (Å²) in [6, 6.07) is 6.70. The molecule has 0 bridgehead atoms. The maximum atomic E-state index is 12.5. The van der Waals surface area contributed by atoms with Gasteiger partial charge in [0.15, 0.2) is 16.7 Å². The second-order valence-corrected chi connectivity index (χ2v) is 6.75. The molecule has 1 unspecified atom stereocenters. The van der Waals surface area contributed by atoms with Gasteiger partial charge in [-0.25, -0.2) is 0 Å². The van der Waals surface area contributed by atoms with Crippen molar-refractivity contribution in [2.75, 3.05) is 18.5 Å². The van der Waals surface area contributed by atoms with Crippen molar-refractivity contribution in [3.05, 3.63) is 40.8 Å². The number of anilines is 1. The number of benzene rings is 1. The first-order valence-electron chi connectivity index (χ1n) is 8.01. The van der Waals surface area contributed by atoms with Gasteiger partial charge < -0.3 is 19.4 Å². The predicted octanol–water partition coefficient (Wildman–Crippen LogP) is 2.15. The van der Waals surface area contributed by atoms with Gasteiger partial charge in [0.25, 0.3) is 5.56 Å². The second kappa shape index (κ2) is 7.60. The SMILES string of the molecule is CCn1ccc(=O)nc1SC(C)C(=O)Nc1ccc2c(c1)OCCO2. The molecular formula is C17H19N3O4S. The van der Waals surface area contributed by atoms with Crippen LogP contribution in [0.15, 0.2) is 40.4 Å². The van der Waals surface area contributed by atoms with Gasteiger partial charge in [0.1, 0.15) is 13.2 Å². The number of carbonyl (C=O) groups excluding carboxylic acids is 1. The summed E-state index contributed by atoms with van der Waals surface area (Å²) in [4.78, 5) is 27.9. The number of nitrogens with zero attached hydrogens (tertiary/aromatic N) is 2. The summed E-state index contributed by atoms with van der Waals surface area (Å²) in [5.41, 5.74) is 0.322. The summed E-state index contributed by atoms with van der Waals surface area (Å²) in [5.74, 6) is 1.11. The van der Waals surface area contributed by atoms with Gasteiger partial charge in [0.2, 0.25) is 5.91 Å². The van der Waals surface area contributed by atoms with Crippen molar-refractivity contribution < 1.29 is 14.3 Å². The zero-order valence-electron chi connectivity index (χ0n) is 14.0. The highest BCUT2D eigenvalue weighted by molar-refractivity contribution is 8.00. The zero-order valence-corrected chi connectivity index (χ0v) is 14.8. The van der Waals surface area contributed by atoms with E-state index in [0.717, 1.165) is 0 Å². The molecule has 0 saturated heterocycles. The Morgan fingerprint density at radius 3 is 2.84 bits per heavy atom. The van der Waals surface area contributed by atoms with Crippen molar-refractivity contribution in [1.29, 1.82) is 0 Å². The molecule has 25 heavy (non-hydrogen) atoms. The molecule has 2 heterocycles. The monoisotopic (exact) mass is 361 g/mol. The number of ether oxygens (including phenoxy) is 2. The number of amides is 1. The van der Waals surface area contributed by atoms with Crippen molar-refractivity contribution in [3.63, 3.8) is 0 Å². The third kappa shape index (κ3) is 4.14. The Balaban J connectivity index is 1.69. The topological polar surface area (TPSA) is 82.5 Å². The average Bonchev–Trinajstić information content (AvgIpc) is 2.61. The zero-order chi connectivity index (χ0) is 17.8. The summed E-state index contributed by atoms with van der Waals surface area (Å²) in [7, 11) is 0. The summed E-state index contributed by atoms with van der Waals surface area (Å²) < 4.78 is 12.8. The lowest BCUT2D eigenvalue weighted by Gasteiger charge is -2.19. The fraction of sp³-hybridized carbons (Fsp3) is 0.353. The van der Waals surface area contributed by atoms with E-state index in [2.05, 4.69) is 10.3 Å². The van der Waals surface area contributed by atoms with Crippen LogP contribution in [0.3, 0.4) is 0 Å². The molecule has 0 saturated carbocycles. The van der Waals surface area contributed by atoms with Crippen LogP contribution in [0.25, 0.3) is 0 Å². The number of rotatable bonds is 5. The van der Waals surface area contributed by atoms with Crippen LogP contribution in [0.5, 0.6) is 11.5 Å². The highest BCUT2D eigenvalue weighted by atomic mass is 32.2. The lowest BCUT2D eigenvalue weighted by Crippen LogP contribution is -2.24. The highest BCUT2D eigenvalue weighted by Crippen LogP contribution is 2.33. The van der Waals surface area contributed by atoms with E-state index >= 15 is 0 Å². The predicted molar refractivity (Wildman–Crippen MR) is 95.6 cm³/mol. The van der Waals surface area contributed by atoms with Crippen molar-refractivity contribution in [3.8, 4) is 11.5 Å². The van der Waals surface area contributed by atoms with E-state index < -0.39 is 5.25 Å². The molecular weight excluding hydrogens is 342 g/mol. The van der Waals surface area contributed by atoms with Crippen LogP contribution in [0.1, 0.15) is 13.8 Å². The summed E-state index contributed by atoms with van der Waals surface area (Å²) in [6.45, 7) is 5.42. The van der Waals surface area contributed by atoms with E-state index in [0.29, 0.717) is 42.1 Å². The van der Waals surface area contributed by atoms with E-state index in [-0.39, 0.29) is 11.5 Å². The minimum absolute atomic E-state index is 0.178. The Morgan fingerprint density at radius 1 is 1.32 bits per heavy atom. The molecule has 132 valence electrons. The van der Waals surface area contributed by atoms with Crippen molar-refractivity contribution in [2.24, 2.45) is 0 Å². The van der Waals surface area contributed by atoms with Crippen LogP contribution in [0.2, 0.25) is 0 Å². The quantitative estimate of drug-likeness (QED) is 0.649. The summed E-state index contributed by atoms with van der Waals surface area (Å²) in [6.07, 6.45) is 1.68. The molecule has 0 aliphatic carbocycles. The van der Waals surface area contributed by atoms with E-state index in [1.165, 1.54) is 17.8 Å². The van der Waals surface area contributed by atoms with Gasteiger partial charge in [-0.15, -0.1) is 0 Å². The second-order valence-electron chi connectivity index (χ2n) is 5.44. The molecule has 1 aromatic carbocycles. The molecule has 1 aromatic heterocycles. The summed E-state index contributed by atoms with van der Waals surface area (Å²) in [5, 5.41) is 2.96. The Kier molecular flexibility index (Phi) is 5.28. The number of nitrogens with one attached hydrogen (secondary N) is 1. The van der Waals surface area contributed by atoms with Crippen molar-refractivity contribution in [1.82, 2.24) is 9.55 Å². The fourth-order valence-electron chi connectivity index (χ4n) is 2.32. The van der Waals surface area contributed by atoms with Gasteiger partial charge in [-0.1, -0.05) is 11.8 Å². The van der Waals surface area contributed by atoms with Crippen LogP contribution in [0, 0.1) is 0 Å². The number of aryl methyl sites for hydroxylation is 1. The van der Waals surface area contributed by atoms with E-state index in [1.807, 2.05) is 11.5 Å². The number of fused-ring (bicyclic) bond motifs is 1. The molecule has 8 heteroatoms.